The first-order valence-electron chi connectivity index (χ1n) is 5.97. The number of aryl methyl sites for hydroxylation is 1. The molecule has 0 N–H and O–H groups in total. The third-order valence-electron chi connectivity index (χ3n) is 2.90. The van der Waals surface area contributed by atoms with Crippen LogP contribution in [0.4, 0.5) is 0 Å². The first-order valence-corrected chi connectivity index (χ1v) is 5.97. The molecule has 0 radical (unpaired) electrons. The molecule has 4 nitrogen and oxygen atoms in total. The molecule has 3 rings (SSSR count). The van der Waals surface area contributed by atoms with Crippen molar-refractivity contribution in [1.82, 2.24) is 9.72 Å². The molecule has 2 aromatic carbocycles. The topological polar surface area (TPSA) is 48.0 Å². The summed E-state index contributed by atoms with van der Waals surface area (Å²) in [6.45, 7) is 1.98. The van der Waals surface area contributed by atoms with Crippen molar-refractivity contribution < 1.29 is 4.52 Å². The lowest BCUT2D eigenvalue weighted by atomic mass is 10.2. The minimum Gasteiger partial charge on any atom is -0.295 e. The lowest BCUT2D eigenvalue weighted by molar-refractivity contribution is 0.383. The standard InChI is InChI=1S/C15H12N2O2/c1-11-6-5-9-13(10-11)17-14(16-19-15(17)18)12-7-3-2-4-8-12/h2-10H,1H3. The van der Waals surface area contributed by atoms with E-state index in [0.29, 0.717) is 5.82 Å². The summed E-state index contributed by atoms with van der Waals surface area (Å²) in [5.41, 5.74) is 2.67. The van der Waals surface area contributed by atoms with Gasteiger partial charge in [-0.2, -0.15) is 0 Å². The second kappa shape index (κ2) is 4.57. The van der Waals surface area contributed by atoms with Crippen LogP contribution < -0.4 is 5.76 Å². The third kappa shape index (κ3) is 2.08. The molecule has 1 aromatic heterocycles. The van der Waals surface area contributed by atoms with E-state index in [4.69, 9.17) is 4.52 Å². The molecule has 19 heavy (non-hydrogen) atoms. The van der Waals surface area contributed by atoms with E-state index in [1.807, 2.05) is 61.5 Å². The Morgan fingerprint density at radius 3 is 2.58 bits per heavy atom. The minimum atomic E-state index is -0.482. The molecule has 0 amide bonds. The van der Waals surface area contributed by atoms with E-state index in [2.05, 4.69) is 5.16 Å². The van der Waals surface area contributed by atoms with Gasteiger partial charge in [-0.25, -0.2) is 9.36 Å². The Morgan fingerprint density at radius 1 is 1.05 bits per heavy atom. The van der Waals surface area contributed by atoms with Crippen LogP contribution in [0.3, 0.4) is 0 Å². The van der Waals surface area contributed by atoms with Crippen molar-refractivity contribution in [2.24, 2.45) is 0 Å². The highest BCUT2D eigenvalue weighted by Gasteiger charge is 2.14. The van der Waals surface area contributed by atoms with E-state index in [1.54, 1.807) is 0 Å². The fraction of sp³-hybridized carbons (Fsp3) is 0.0667. The van der Waals surface area contributed by atoms with Crippen LogP contribution in [0, 0.1) is 6.92 Å². The number of hydrogen-bond donors (Lipinski definition) is 0. The second-order valence-electron chi connectivity index (χ2n) is 4.31. The van der Waals surface area contributed by atoms with Crippen LogP contribution in [0.5, 0.6) is 0 Å². The Hall–Kier alpha value is -2.62. The predicted octanol–water partition coefficient (Wildman–Crippen LogP) is 2.80. The summed E-state index contributed by atoms with van der Waals surface area (Å²) in [4.78, 5) is 11.9. The van der Waals surface area contributed by atoms with Crippen LogP contribution in [0.15, 0.2) is 63.9 Å². The van der Waals surface area contributed by atoms with Gasteiger partial charge < -0.3 is 0 Å². The maximum atomic E-state index is 11.9. The van der Waals surface area contributed by atoms with Crippen molar-refractivity contribution in [3.8, 4) is 17.1 Å². The maximum Gasteiger partial charge on any atom is 0.446 e. The molecule has 3 aromatic rings. The van der Waals surface area contributed by atoms with Crippen LogP contribution in [0.2, 0.25) is 0 Å². The van der Waals surface area contributed by atoms with Crippen LogP contribution in [0.1, 0.15) is 5.56 Å². The van der Waals surface area contributed by atoms with Crippen LogP contribution in [-0.2, 0) is 0 Å². The van der Waals surface area contributed by atoms with Crippen molar-refractivity contribution in [3.63, 3.8) is 0 Å². The highest BCUT2D eigenvalue weighted by atomic mass is 16.5. The largest absolute Gasteiger partial charge is 0.446 e. The number of rotatable bonds is 2. The number of benzene rings is 2. The fourth-order valence-corrected chi connectivity index (χ4v) is 2.01. The Kier molecular flexibility index (Phi) is 2.76. The Morgan fingerprint density at radius 2 is 1.84 bits per heavy atom. The minimum absolute atomic E-state index is 0.482. The monoisotopic (exact) mass is 252 g/mol. The first kappa shape index (κ1) is 11.5. The lowest BCUT2D eigenvalue weighted by Gasteiger charge is -2.05. The van der Waals surface area contributed by atoms with E-state index in [0.717, 1.165) is 16.8 Å². The van der Waals surface area contributed by atoms with Gasteiger partial charge in [0.05, 0.1) is 5.69 Å². The van der Waals surface area contributed by atoms with Gasteiger partial charge in [-0.05, 0) is 24.6 Å². The van der Waals surface area contributed by atoms with Gasteiger partial charge in [-0.15, -0.1) is 0 Å². The average Bonchev–Trinajstić information content (AvgIpc) is 2.82. The zero-order valence-corrected chi connectivity index (χ0v) is 10.4. The zero-order chi connectivity index (χ0) is 13.2. The smallest absolute Gasteiger partial charge is 0.295 e. The van der Waals surface area contributed by atoms with E-state index in [-0.39, 0.29) is 0 Å². The normalized spacial score (nSPS) is 10.6. The predicted molar refractivity (Wildman–Crippen MR) is 72.3 cm³/mol. The first-order chi connectivity index (χ1) is 9.25. The zero-order valence-electron chi connectivity index (χ0n) is 10.4. The van der Waals surface area contributed by atoms with Crippen molar-refractivity contribution in [2.75, 3.05) is 0 Å². The molecular formula is C15H12N2O2. The fourth-order valence-electron chi connectivity index (χ4n) is 2.01. The summed E-state index contributed by atoms with van der Waals surface area (Å²) in [7, 11) is 0. The van der Waals surface area contributed by atoms with Crippen molar-refractivity contribution >= 4 is 0 Å². The molecule has 0 aliphatic carbocycles. The summed E-state index contributed by atoms with van der Waals surface area (Å²) in [5, 5.41) is 3.87. The lowest BCUT2D eigenvalue weighted by Crippen LogP contribution is -2.13. The van der Waals surface area contributed by atoms with Crippen molar-refractivity contribution in [1.29, 1.82) is 0 Å². The van der Waals surface area contributed by atoms with Gasteiger partial charge in [-0.1, -0.05) is 47.6 Å². The molecule has 0 spiro atoms. The molecule has 0 atom stereocenters. The summed E-state index contributed by atoms with van der Waals surface area (Å²) in [6, 6.07) is 17.2. The van der Waals surface area contributed by atoms with Gasteiger partial charge >= 0.3 is 5.76 Å². The van der Waals surface area contributed by atoms with E-state index < -0.39 is 5.76 Å². The van der Waals surface area contributed by atoms with Gasteiger partial charge in [0.15, 0.2) is 5.82 Å². The van der Waals surface area contributed by atoms with Crippen molar-refractivity contribution in [3.05, 3.63) is 70.7 Å². The molecule has 0 saturated carbocycles. The highest BCUT2D eigenvalue weighted by Crippen LogP contribution is 2.19. The molecule has 0 bridgehead atoms. The van der Waals surface area contributed by atoms with Gasteiger partial charge in [0.1, 0.15) is 0 Å². The van der Waals surface area contributed by atoms with Crippen molar-refractivity contribution in [2.45, 2.75) is 6.92 Å². The molecule has 0 aliphatic rings. The van der Waals surface area contributed by atoms with Crippen LogP contribution >= 0.6 is 0 Å². The Bertz CT molecular complexity index is 757. The summed E-state index contributed by atoms with van der Waals surface area (Å²) >= 11 is 0. The van der Waals surface area contributed by atoms with E-state index in [1.165, 1.54) is 4.57 Å². The number of nitrogens with zero attached hydrogens (tertiary/aromatic N) is 2. The number of aromatic nitrogens is 2. The molecule has 0 saturated heterocycles. The third-order valence-corrected chi connectivity index (χ3v) is 2.90. The SMILES string of the molecule is Cc1cccc(-n2c(-c3ccccc3)noc2=O)c1. The summed E-state index contributed by atoms with van der Waals surface area (Å²) in [6.07, 6.45) is 0. The molecule has 94 valence electrons. The van der Waals surface area contributed by atoms with Gasteiger partial charge in [-0.3, -0.25) is 4.52 Å². The van der Waals surface area contributed by atoms with Gasteiger partial charge in [0.2, 0.25) is 0 Å². The molecule has 1 heterocycles. The molecule has 0 aliphatic heterocycles. The van der Waals surface area contributed by atoms with E-state index >= 15 is 0 Å². The van der Waals surface area contributed by atoms with Crippen LogP contribution in [0.25, 0.3) is 17.1 Å². The second-order valence-corrected chi connectivity index (χ2v) is 4.31. The summed E-state index contributed by atoms with van der Waals surface area (Å²) in [5.74, 6) is 0.0284. The van der Waals surface area contributed by atoms with Crippen LogP contribution in [-0.4, -0.2) is 9.72 Å². The average molecular weight is 252 g/mol. The van der Waals surface area contributed by atoms with Gasteiger partial charge in [0.25, 0.3) is 0 Å². The van der Waals surface area contributed by atoms with E-state index in [9.17, 15) is 4.79 Å². The molecule has 0 fully saturated rings. The molecule has 0 unspecified atom stereocenters. The maximum absolute atomic E-state index is 11.9. The Labute approximate surface area is 109 Å². The molecule has 4 heteroatoms. The summed E-state index contributed by atoms with van der Waals surface area (Å²) < 4.78 is 6.28. The van der Waals surface area contributed by atoms with Gasteiger partial charge in [0, 0.05) is 5.56 Å². The Balaban J connectivity index is 2.23. The molecular weight excluding hydrogens is 240 g/mol. The quantitative estimate of drug-likeness (QED) is 0.704. The number of hydrogen-bond acceptors (Lipinski definition) is 3. The highest BCUT2D eigenvalue weighted by molar-refractivity contribution is 5.57.